The van der Waals surface area contributed by atoms with Crippen molar-refractivity contribution in [3.05, 3.63) is 206 Å². The lowest BCUT2D eigenvalue weighted by Gasteiger charge is -2.17. The van der Waals surface area contributed by atoms with E-state index in [0.29, 0.717) is 17.5 Å². The largest absolute Gasteiger partial charge is 0.456 e. The normalized spacial score (nSPS) is 11.9. The summed E-state index contributed by atoms with van der Waals surface area (Å²) in [6.45, 7) is 0. The van der Waals surface area contributed by atoms with Gasteiger partial charge in [0.25, 0.3) is 0 Å². The number of rotatable bonds is 5. The molecule has 0 unspecified atom stereocenters. The maximum absolute atomic E-state index is 6.36. The molecular formula is C57H34N4O. The van der Waals surface area contributed by atoms with Gasteiger partial charge in [0, 0.05) is 49.2 Å². The van der Waals surface area contributed by atoms with Gasteiger partial charge in [0.15, 0.2) is 17.5 Å². The van der Waals surface area contributed by atoms with Gasteiger partial charge in [-0.3, -0.25) is 0 Å². The molecule has 0 radical (unpaired) electrons. The molecule has 0 spiro atoms. The fourth-order valence-electron chi connectivity index (χ4n) is 9.64. The van der Waals surface area contributed by atoms with Gasteiger partial charge in [-0.1, -0.05) is 176 Å². The van der Waals surface area contributed by atoms with Crippen LogP contribution in [0.1, 0.15) is 0 Å². The summed E-state index contributed by atoms with van der Waals surface area (Å²) in [6, 6.07) is 72.8. The third-order valence-corrected chi connectivity index (χ3v) is 12.4. The van der Waals surface area contributed by atoms with Gasteiger partial charge in [-0.2, -0.15) is 0 Å². The molecule has 62 heavy (non-hydrogen) atoms. The molecule has 0 aliphatic rings. The Bertz CT molecular complexity index is 3950. The molecule has 0 atom stereocenters. The second kappa shape index (κ2) is 13.6. The zero-order valence-electron chi connectivity index (χ0n) is 33.3. The van der Waals surface area contributed by atoms with Crippen LogP contribution in [0.5, 0.6) is 0 Å². The van der Waals surface area contributed by atoms with Crippen LogP contribution in [0.3, 0.4) is 0 Å². The third kappa shape index (κ3) is 5.25. The average molecular weight is 791 g/mol. The molecule has 0 bridgehead atoms. The number of hydrogen-bond donors (Lipinski definition) is 0. The third-order valence-electron chi connectivity index (χ3n) is 12.4. The van der Waals surface area contributed by atoms with Crippen LogP contribution in [-0.2, 0) is 0 Å². The zero-order valence-corrected chi connectivity index (χ0v) is 33.3. The first-order chi connectivity index (χ1) is 30.7. The van der Waals surface area contributed by atoms with Crippen LogP contribution in [0.2, 0.25) is 0 Å². The van der Waals surface area contributed by atoms with Crippen molar-refractivity contribution < 1.29 is 4.42 Å². The molecule has 13 rings (SSSR count). The summed E-state index contributed by atoms with van der Waals surface area (Å²) in [5, 5.41) is 11.6. The molecule has 0 aliphatic heterocycles. The van der Waals surface area contributed by atoms with E-state index >= 15 is 0 Å². The number of furan rings is 1. The van der Waals surface area contributed by atoms with E-state index in [-0.39, 0.29) is 0 Å². The van der Waals surface area contributed by atoms with Crippen LogP contribution < -0.4 is 0 Å². The molecule has 3 heterocycles. The first-order valence-electron chi connectivity index (χ1n) is 20.9. The average Bonchev–Trinajstić information content (AvgIpc) is 3.90. The van der Waals surface area contributed by atoms with E-state index in [1.54, 1.807) is 0 Å². The Morgan fingerprint density at radius 2 is 0.919 bits per heavy atom. The van der Waals surface area contributed by atoms with Crippen LogP contribution in [0, 0.1) is 0 Å². The Hall–Kier alpha value is -8.41. The van der Waals surface area contributed by atoms with Gasteiger partial charge in [0.2, 0.25) is 0 Å². The minimum Gasteiger partial charge on any atom is -0.456 e. The van der Waals surface area contributed by atoms with Gasteiger partial charge in [0.1, 0.15) is 11.2 Å². The summed E-state index contributed by atoms with van der Waals surface area (Å²) in [4.78, 5) is 16.0. The first-order valence-corrected chi connectivity index (χ1v) is 20.9. The smallest absolute Gasteiger partial charge is 0.164 e. The van der Waals surface area contributed by atoms with Crippen molar-refractivity contribution in [1.82, 2.24) is 19.5 Å². The summed E-state index contributed by atoms with van der Waals surface area (Å²) < 4.78 is 8.82. The fourth-order valence-corrected chi connectivity index (χ4v) is 9.64. The number of aromatic nitrogens is 4. The molecule has 3 aromatic heterocycles. The summed E-state index contributed by atoms with van der Waals surface area (Å²) in [5.41, 5.74) is 9.83. The lowest BCUT2D eigenvalue weighted by atomic mass is 9.97. The Kier molecular flexibility index (Phi) is 7.54. The molecule has 0 saturated heterocycles. The highest BCUT2D eigenvalue weighted by atomic mass is 16.3. The number of benzene rings is 10. The molecule has 10 aromatic carbocycles. The van der Waals surface area contributed by atoms with Crippen molar-refractivity contribution in [2.75, 3.05) is 0 Å². The van der Waals surface area contributed by atoms with E-state index in [1.807, 2.05) is 30.3 Å². The van der Waals surface area contributed by atoms with Crippen molar-refractivity contribution >= 4 is 76.1 Å². The first kappa shape index (κ1) is 34.5. The summed E-state index contributed by atoms with van der Waals surface area (Å²) in [6.07, 6.45) is 0. The number of para-hydroxylation sites is 2. The van der Waals surface area contributed by atoms with Crippen LogP contribution in [-0.4, -0.2) is 19.5 Å². The second-order valence-corrected chi connectivity index (χ2v) is 15.9. The molecule has 5 nitrogen and oxygen atoms in total. The molecule has 5 heteroatoms. The van der Waals surface area contributed by atoms with Crippen LogP contribution in [0.15, 0.2) is 211 Å². The van der Waals surface area contributed by atoms with Crippen molar-refractivity contribution in [2.24, 2.45) is 0 Å². The molecule has 0 amide bonds. The number of fused-ring (bicyclic) bond motifs is 11. The van der Waals surface area contributed by atoms with Gasteiger partial charge >= 0.3 is 0 Å². The predicted octanol–water partition coefficient (Wildman–Crippen LogP) is 15.0. The lowest BCUT2D eigenvalue weighted by molar-refractivity contribution is 0.669. The number of hydrogen-bond acceptors (Lipinski definition) is 4. The molecule has 0 N–H and O–H groups in total. The van der Waals surface area contributed by atoms with Crippen LogP contribution in [0.4, 0.5) is 0 Å². The molecular weight excluding hydrogens is 757 g/mol. The van der Waals surface area contributed by atoms with Crippen LogP contribution in [0.25, 0.3) is 127 Å². The fraction of sp³-hybridized carbons (Fsp3) is 0. The van der Waals surface area contributed by atoms with E-state index in [1.165, 1.54) is 37.8 Å². The molecule has 288 valence electrons. The Morgan fingerprint density at radius 3 is 1.77 bits per heavy atom. The van der Waals surface area contributed by atoms with Gasteiger partial charge in [-0.05, 0) is 62.8 Å². The van der Waals surface area contributed by atoms with Crippen LogP contribution >= 0.6 is 0 Å². The molecule has 13 aromatic rings. The monoisotopic (exact) mass is 790 g/mol. The Labute approximate surface area is 355 Å². The molecule has 0 fully saturated rings. The van der Waals surface area contributed by atoms with Gasteiger partial charge in [-0.25, -0.2) is 15.0 Å². The Balaban J connectivity index is 1.08. The van der Waals surface area contributed by atoms with Crippen molar-refractivity contribution in [3.63, 3.8) is 0 Å². The van der Waals surface area contributed by atoms with E-state index in [9.17, 15) is 0 Å². The zero-order chi connectivity index (χ0) is 40.7. The van der Waals surface area contributed by atoms with Crippen molar-refractivity contribution in [1.29, 1.82) is 0 Å². The topological polar surface area (TPSA) is 56.7 Å². The summed E-state index contributed by atoms with van der Waals surface area (Å²) in [5.74, 6) is 1.77. The highest BCUT2D eigenvalue weighted by Gasteiger charge is 2.23. The van der Waals surface area contributed by atoms with Crippen molar-refractivity contribution in [2.45, 2.75) is 0 Å². The van der Waals surface area contributed by atoms with Gasteiger partial charge < -0.3 is 8.98 Å². The van der Waals surface area contributed by atoms with Gasteiger partial charge in [-0.15, -0.1) is 0 Å². The molecule has 0 saturated carbocycles. The minimum absolute atomic E-state index is 0.583. The summed E-state index contributed by atoms with van der Waals surface area (Å²) >= 11 is 0. The highest BCUT2D eigenvalue weighted by Crippen LogP contribution is 2.44. The SMILES string of the molecule is c1ccc(-c2ccccc2-n2c3ccc4ccccc4c3c3ccc4ccccc4c32)c(-c2nc(-c3ccc4ccccc4c3)nc(-c3cccc4oc5ccccc5c34)n2)c1. The quantitative estimate of drug-likeness (QED) is 0.174. The molecule has 0 aliphatic carbocycles. The minimum atomic E-state index is 0.583. The maximum Gasteiger partial charge on any atom is 0.164 e. The summed E-state index contributed by atoms with van der Waals surface area (Å²) in [7, 11) is 0. The second-order valence-electron chi connectivity index (χ2n) is 15.9. The lowest BCUT2D eigenvalue weighted by Crippen LogP contribution is -2.02. The van der Waals surface area contributed by atoms with E-state index in [0.717, 1.165) is 71.7 Å². The standard InChI is InChI=1S/C57H34N4O/c1-2-17-38-34-39(29-28-35(38)14-1)55-58-56(60-57(59-55)47-24-13-27-51-53(47)45-23-10-12-26-50(45)62-51)44-22-8-7-20-42(44)43-21-9-11-25-48(43)61-49-33-31-36-15-3-5-18-40(36)52(49)46-32-30-37-16-4-6-19-41(37)54(46)61/h1-34H. The maximum atomic E-state index is 6.36. The predicted molar refractivity (Wildman–Crippen MR) is 256 cm³/mol. The van der Waals surface area contributed by atoms with E-state index in [4.69, 9.17) is 19.4 Å². The van der Waals surface area contributed by atoms with Crippen molar-refractivity contribution in [3.8, 4) is 51.0 Å². The van der Waals surface area contributed by atoms with E-state index in [2.05, 4.69) is 180 Å². The Morgan fingerprint density at radius 1 is 0.339 bits per heavy atom. The number of nitrogens with zero attached hydrogens (tertiary/aromatic N) is 4. The van der Waals surface area contributed by atoms with E-state index < -0.39 is 0 Å². The van der Waals surface area contributed by atoms with Gasteiger partial charge in [0.05, 0.1) is 16.7 Å². The highest BCUT2D eigenvalue weighted by molar-refractivity contribution is 6.26.